The summed E-state index contributed by atoms with van der Waals surface area (Å²) >= 11 is 1.20. The zero-order valence-corrected chi connectivity index (χ0v) is 14.7. The van der Waals surface area contributed by atoms with Crippen molar-refractivity contribution < 1.29 is 18.0 Å². The third-order valence-corrected chi connectivity index (χ3v) is 4.95. The number of ether oxygens (including phenoxy) is 1. The van der Waals surface area contributed by atoms with Crippen molar-refractivity contribution in [1.82, 2.24) is 19.5 Å². The van der Waals surface area contributed by atoms with Gasteiger partial charge in [0.2, 0.25) is 16.6 Å². The first-order chi connectivity index (χ1) is 12.6. The molecule has 3 aromatic rings. The Morgan fingerprint density at radius 1 is 1.31 bits per heavy atom. The third kappa shape index (κ3) is 3.17. The lowest BCUT2D eigenvalue weighted by Crippen LogP contribution is -2.27. The molecule has 26 heavy (non-hydrogen) atoms. The molecule has 1 aromatic carbocycles. The van der Waals surface area contributed by atoms with Gasteiger partial charge in [0.05, 0.1) is 6.54 Å². The van der Waals surface area contributed by atoms with Crippen LogP contribution >= 0.6 is 11.5 Å². The van der Waals surface area contributed by atoms with Crippen LogP contribution in [-0.2, 0) is 17.0 Å². The number of aromatic nitrogens is 4. The summed E-state index contributed by atoms with van der Waals surface area (Å²) in [6.07, 6.45) is 0.206. The zero-order valence-electron chi connectivity index (χ0n) is 13.9. The summed E-state index contributed by atoms with van der Waals surface area (Å²) in [5.74, 6) is 0.353. The van der Waals surface area contributed by atoms with Crippen molar-refractivity contribution in [2.24, 2.45) is 0 Å². The van der Waals surface area contributed by atoms with Crippen LogP contribution in [0, 0.1) is 5.82 Å². The number of benzene rings is 1. The lowest BCUT2D eigenvalue weighted by Gasteiger charge is -2.16. The standard InChI is InChI=1S/C16H15F2N5O2S/c1-24-8-12-19-15(26-22-12)23-7-6-16(18,9-23)14-20-13(21-25-14)10-2-4-11(17)5-3-10/h2-5H,6-9H2,1H3. The van der Waals surface area contributed by atoms with E-state index < -0.39 is 5.67 Å². The highest BCUT2D eigenvalue weighted by Crippen LogP contribution is 2.38. The van der Waals surface area contributed by atoms with Crippen LogP contribution in [0.15, 0.2) is 28.8 Å². The first-order valence-electron chi connectivity index (χ1n) is 7.93. The maximum atomic E-state index is 15.4. The fourth-order valence-electron chi connectivity index (χ4n) is 2.79. The number of halogens is 2. The summed E-state index contributed by atoms with van der Waals surface area (Å²) in [4.78, 5) is 10.3. The van der Waals surface area contributed by atoms with Crippen LogP contribution in [0.3, 0.4) is 0 Å². The van der Waals surface area contributed by atoms with E-state index in [4.69, 9.17) is 9.26 Å². The lowest BCUT2D eigenvalue weighted by molar-refractivity contribution is 0.136. The molecule has 0 amide bonds. The summed E-state index contributed by atoms with van der Waals surface area (Å²) in [5, 5.41) is 4.46. The van der Waals surface area contributed by atoms with E-state index in [9.17, 15) is 4.39 Å². The van der Waals surface area contributed by atoms with E-state index in [0.29, 0.717) is 29.7 Å². The lowest BCUT2D eigenvalue weighted by atomic mass is 10.1. The van der Waals surface area contributed by atoms with E-state index in [1.165, 1.54) is 35.8 Å². The number of methoxy groups -OCH3 is 1. The molecule has 0 radical (unpaired) electrons. The highest BCUT2D eigenvalue weighted by atomic mass is 32.1. The molecule has 0 spiro atoms. The van der Waals surface area contributed by atoms with Gasteiger partial charge in [-0.3, -0.25) is 0 Å². The highest BCUT2D eigenvalue weighted by Gasteiger charge is 2.46. The molecule has 4 rings (SSSR count). The van der Waals surface area contributed by atoms with Gasteiger partial charge < -0.3 is 14.2 Å². The van der Waals surface area contributed by atoms with Crippen LogP contribution in [0.1, 0.15) is 18.1 Å². The van der Waals surface area contributed by atoms with E-state index in [1.807, 2.05) is 0 Å². The van der Waals surface area contributed by atoms with Crippen molar-refractivity contribution in [3.8, 4) is 11.4 Å². The van der Waals surface area contributed by atoms with Gasteiger partial charge >= 0.3 is 0 Å². The fraction of sp³-hybridized carbons (Fsp3) is 0.375. The number of rotatable bonds is 5. The summed E-state index contributed by atoms with van der Waals surface area (Å²) < 4.78 is 42.7. The third-order valence-electron chi connectivity index (χ3n) is 4.13. The van der Waals surface area contributed by atoms with Gasteiger partial charge in [-0.1, -0.05) is 5.16 Å². The minimum Gasteiger partial charge on any atom is -0.377 e. The Hall–Kier alpha value is -2.46. The minimum atomic E-state index is -1.77. The van der Waals surface area contributed by atoms with E-state index in [-0.39, 0.29) is 30.5 Å². The Bertz CT molecular complexity index is 900. The molecule has 10 heteroatoms. The van der Waals surface area contributed by atoms with Crippen molar-refractivity contribution in [2.75, 3.05) is 25.1 Å². The smallest absolute Gasteiger partial charge is 0.266 e. The Labute approximate surface area is 151 Å². The van der Waals surface area contributed by atoms with Crippen LogP contribution in [0.4, 0.5) is 13.9 Å². The largest absolute Gasteiger partial charge is 0.377 e. The van der Waals surface area contributed by atoms with Crippen LogP contribution in [0.5, 0.6) is 0 Å². The molecular formula is C16H15F2N5O2S. The van der Waals surface area contributed by atoms with E-state index >= 15 is 4.39 Å². The fourth-order valence-corrected chi connectivity index (χ4v) is 3.49. The predicted octanol–water partition coefficient (Wildman–Crippen LogP) is 2.95. The second-order valence-corrected chi connectivity index (χ2v) is 6.72. The zero-order chi connectivity index (χ0) is 18.1. The average Bonchev–Trinajstić information content (AvgIpc) is 3.35. The van der Waals surface area contributed by atoms with Crippen LogP contribution in [0.25, 0.3) is 11.4 Å². The molecule has 1 aliphatic rings. The molecule has 2 aromatic heterocycles. The van der Waals surface area contributed by atoms with Crippen LogP contribution in [0.2, 0.25) is 0 Å². The van der Waals surface area contributed by atoms with Gasteiger partial charge in [0, 0.05) is 37.2 Å². The van der Waals surface area contributed by atoms with E-state index in [2.05, 4.69) is 19.5 Å². The Balaban J connectivity index is 1.51. The molecule has 0 N–H and O–H groups in total. The SMILES string of the molecule is COCc1nsc(N2CCC(F)(c3nc(-c4ccc(F)cc4)no3)C2)n1. The molecule has 1 atom stereocenters. The number of hydrogen-bond donors (Lipinski definition) is 0. The molecule has 136 valence electrons. The number of anilines is 1. The predicted molar refractivity (Wildman–Crippen MR) is 89.9 cm³/mol. The van der Waals surface area contributed by atoms with Crippen LogP contribution < -0.4 is 4.90 Å². The summed E-state index contributed by atoms with van der Waals surface area (Å²) in [6.45, 7) is 0.835. The van der Waals surface area contributed by atoms with Crippen molar-refractivity contribution in [3.05, 3.63) is 41.8 Å². The van der Waals surface area contributed by atoms with E-state index in [0.717, 1.165) is 0 Å². The molecule has 0 saturated carbocycles. The maximum Gasteiger partial charge on any atom is 0.266 e. The number of alkyl halides is 1. The first kappa shape index (κ1) is 17.0. The monoisotopic (exact) mass is 379 g/mol. The summed E-state index contributed by atoms with van der Waals surface area (Å²) in [5.41, 5.74) is -1.20. The van der Waals surface area contributed by atoms with Gasteiger partial charge in [-0.2, -0.15) is 9.36 Å². The number of nitrogens with zero attached hydrogens (tertiary/aromatic N) is 5. The summed E-state index contributed by atoms with van der Waals surface area (Å²) in [6, 6.07) is 5.63. The second-order valence-electron chi connectivity index (χ2n) is 5.99. The molecule has 1 unspecified atom stereocenters. The van der Waals surface area contributed by atoms with Crippen molar-refractivity contribution in [2.45, 2.75) is 18.7 Å². The van der Waals surface area contributed by atoms with Gasteiger partial charge in [-0.05, 0) is 24.3 Å². The molecule has 1 fully saturated rings. The Morgan fingerprint density at radius 3 is 2.88 bits per heavy atom. The van der Waals surface area contributed by atoms with Crippen molar-refractivity contribution in [3.63, 3.8) is 0 Å². The van der Waals surface area contributed by atoms with Gasteiger partial charge in [0.1, 0.15) is 12.4 Å². The normalized spacial score (nSPS) is 20.0. The van der Waals surface area contributed by atoms with E-state index in [1.54, 1.807) is 12.0 Å². The molecule has 7 nitrogen and oxygen atoms in total. The van der Waals surface area contributed by atoms with Gasteiger partial charge in [0.25, 0.3) is 5.89 Å². The maximum absolute atomic E-state index is 15.4. The highest BCUT2D eigenvalue weighted by molar-refractivity contribution is 7.09. The van der Waals surface area contributed by atoms with Crippen LogP contribution in [-0.4, -0.2) is 39.7 Å². The first-order valence-corrected chi connectivity index (χ1v) is 8.70. The van der Waals surface area contributed by atoms with Crippen molar-refractivity contribution in [1.29, 1.82) is 0 Å². The molecule has 3 heterocycles. The molecule has 0 aliphatic carbocycles. The topological polar surface area (TPSA) is 77.2 Å². The molecule has 1 aliphatic heterocycles. The summed E-state index contributed by atoms with van der Waals surface area (Å²) in [7, 11) is 1.57. The van der Waals surface area contributed by atoms with Gasteiger partial charge in [0.15, 0.2) is 5.82 Å². The van der Waals surface area contributed by atoms with Gasteiger partial charge in [-0.25, -0.2) is 13.8 Å². The van der Waals surface area contributed by atoms with Gasteiger partial charge in [-0.15, -0.1) is 0 Å². The minimum absolute atomic E-state index is 0.0552. The quantitative estimate of drug-likeness (QED) is 0.674. The Kier molecular flexibility index (Phi) is 4.37. The Morgan fingerprint density at radius 2 is 2.12 bits per heavy atom. The van der Waals surface area contributed by atoms with Crippen molar-refractivity contribution >= 4 is 16.7 Å². The second kappa shape index (κ2) is 6.69. The molecule has 0 bridgehead atoms. The molecular weight excluding hydrogens is 364 g/mol. The molecule has 1 saturated heterocycles. The number of hydrogen-bond acceptors (Lipinski definition) is 8. The average molecular weight is 379 g/mol.